The van der Waals surface area contributed by atoms with E-state index in [1.165, 1.54) is 28.8 Å². The maximum atomic E-state index is 12.7. The van der Waals surface area contributed by atoms with Crippen molar-refractivity contribution in [3.8, 4) is 0 Å². The second kappa shape index (κ2) is 5.62. The Kier molecular flexibility index (Phi) is 3.92. The van der Waals surface area contributed by atoms with Gasteiger partial charge in [0.05, 0.1) is 0 Å². The molecule has 0 aliphatic heterocycles. The molecule has 0 aliphatic rings. The van der Waals surface area contributed by atoms with Gasteiger partial charge in [-0.1, -0.05) is 43.3 Å². The lowest BCUT2D eigenvalue weighted by molar-refractivity contribution is 0.627. The average Bonchev–Trinajstić information content (AvgIpc) is 2.39. The summed E-state index contributed by atoms with van der Waals surface area (Å²) in [5.41, 5.74) is 3.90. The smallest absolute Gasteiger partial charge is 0.123 e. The molecular formula is C16H17F. The second-order valence-electron chi connectivity index (χ2n) is 4.30. The van der Waals surface area contributed by atoms with Gasteiger partial charge in [0, 0.05) is 0 Å². The van der Waals surface area contributed by atoms with Gasteiger partial charge in [-0.25, -0.2) is 4.39 Å². The molecule has 2 aromatic carbocycles. The molecule has 0 fully saturated rings. The Morgan fingerprint density at radius 3 is 1.59 bits per heavy atom. The number of rotatable bonds is 4. The molecule has 0 saturated carbocycles. The first-order valence-corrected chi connectivity index (χ1v) is 6.10. The van der Waals surface area contributed by atoms with Gasteiger partial charge in [-0.15, -0.1) is 0 Å². The van der Waals surface area contributed by atoms with E-state index in [1.54, 1.807) is 0 Å². The van der Waals surface area contributed by atoms with Gasteiger partial charge in [0.15, 0.2) is 0 Å². The highest BCUT2D eigenvalue weighted by Crippen LogP contribution is 2.10. The number of aryl methyl sites for hydroxylation is 3. The van der Waals surface area contributed by atoms with Gasteiger partial charge >= 0.3 is 0 Å². The summed E-state index contributed by atoms with van der Waals surface area (Å²) < 4.78 is 12.7. The van der Waals surface area contributed by atoms with E-state index in [4.69, 9.17) is 0 Å². The van der Waals surface area contributed by atoms with Crippen LogP contribution in [0, 0.1) is 5.82 Å². The van der Waals surface area contributed by atoms with E-state index in [0.29, 0.717) is 0 Å². The van der Waals surface area contributed by atoms with Crippen molar-refractivity contribution in [2.24, 2.45) is 0 Å². The van der Waals surface area contributed by atoms with Crippen molar-refractivity contribution in [2.45, 2.75) is 26.2 Å². The third kappa shape index (κ3) is 3.42. The molecule has 0 atom stereocenters. The minimum absolute atomic E-state index is 0.166. The number of hydrogen-bond acceptors (Lipinski definition) is 0. The average molecular weight is 228 g/mol. The van der Waals surface area contributed by atoms with E-state index in [9.17, 15) is 4.39 Å². The summed E-state index contributed by atoms with van der Waals surface area (Å²) in [4.78, 5) is 0. The molecule has 88 valence electrons. The molecule has 0 unspecified atom stereocenters. The zero-order chi connectivity index (χ0) is 12.1. The first-order valence-electron chi connectivity index (χ1n) is 6.10. The fourth-order valence-electron chi connectivity index (χ4n) is 1.88. The highest BCUT2D eigenvalue weighted by Gasteiger charge is 1.97. The second-order valence-corrected chi connectivity index (χ2v) is 4.30. The molecule has 0 bridgehead atoms. The van der Waals surface area contributed by atoms with Crippen LogP contribution in [-0.4, -0.2) is 0 Å². The lowest BCUT2D eigenvalue weighted by Crippen LogP contribution is -1.92. The van der Waals surface area contributed by atoms with Gasteiger partial charge < -0.3 is 0 Å². The minimum atomic E-state index is -0.166. The predicted molar refractivity (Wildman–Crippen MR) is 69.6 cm³/mol. The van der Waals surface area contributed by atoms with Crippen LogP contribution in [0.3, 0.4) is 0 Å². The summed E-state index contributed by atoms with van der Waals surface area (Å²) in [5, 5.41) is 0. The molecule has 0 nitrogen and oxygen atoms in total. The minimum Gasteiger partial charge on any atom is -0.207 e. The molecule has 0 N–H and O–H groups in total. The maximum absolute atomic E-state index is 12.7. The molecule has 0 heterocycles. The molecule has 17 heavy (non-hydrogen) atoms. The van der Waals surface area contributed by atoms with Crippen molar-refractivity contribution in [3.05, 3.63) is 71.0 Å². The summed E-state index contributed by atoms with van der Waals surface area (Å²) in [7, 11) is 0. The van der Waals surface area contributed by atoms with E-state index < -0.39 is 0 Å². The first kappa shape index (κ1) is 11.8. The van der Waals surface area contributed by atoms with Crippen molar-refractivity contribution in [3.63, 3.8) is 0 Å². The van der Waals surface area contributed by atoms with Crippen molar-refractivity contribution >= 4 is 0 Å². The van der Waals surface area contributed by atoms with Crippen LogP contribution >= 0.6 is 0 Å². The molecular weight excluding hydrogens is 211 g/mol. The van der Waals surface area contributed by atoms with Crippen molar-refractivity contribution in [1.29, 1.82) is 0 Å². The molecule has 2 aromatic rings. The Labute approximate surface area is 102 Å². The van der Waals surface area contributed by atoms with Gasteiger partial charge in [0.1, 0.15) is 5.82 Å². The van der Waals surface area contributed by atoms with Crippen LogP contribution in [0.5, 0.6) is 0 Å². The molecule has 2 rings (SSSR count). The lowest BCUT2D eigenvalue weighted by Gasteiger charge is -2.03. The van der Waals surface area contributed by atoms with E-state index in [1.807, 2.05) is 12.1 Å². The monoisotopic (exact) mass is 228 g/mol. The van der Waals surface area contributed by atoms with Crippen molar-refractivity contribution < 1.29 is 4.39 Å². The first-order chi connectivity index (χ1) is 8.28. The van der Waals surface area contributed by atoms with Gasteiger partial charge in [-0.2, -0.15) is 0 Å². The Hall–Kier alpha value is -1.63. The van der Waals surface area contributed by atoms with Crippen LogP contribution < -0.4 is 0 Å². The molecule has 0 radical (unpaired) electrons. The highest BCUT2D eigenvalue weighted by molar-refractivity contribution is 5.24. The van der Waals surface area contributed by atoms with Gasteiger partial charge in [-0.3, -0.25) is 0 Å². The quantitative estimate of drug-likeness (QED) is 0.736. The standard InChI is InChI=1S/C16H17F/c1-2-13-3-5-14(6-4-13)7-8-15-9-11-16(17)12-10-15/h3-6,9-12H,2,7-8H2,1H3. The summed E-state index contributed by atoms with van der Waals surface area (Å²) in [6, 6.07) is 15.5. The van der Waals surface area contributed by atoms with Crippen LogP contribution in [-0.2, 0) is 19.3 Å². The molecule has 1 heteroatoms. The Morgan fingerprint density at radius 1 is 0.706 bits per heavy atom. The van der Waals surface area contributed by atoms with E-state index in [-0.39, 0.29) is 5.82 Å². The normalized spacial score (nSPS) is 10.5. The Balaban J connectivity index is 1.95. The summed E-state index contributed by atoms with van der Waals surface area (Å²) in [6.07, 6.45) is 3.06. The highest BCUT2D eigenvalue weighted by atomic mass is 19.1. The van der Waals surface area contributed by atoms with E-state index in [2.05, 4.69) is 31.2 Å². The third-order valence-corrected chi connectivity index (χ3v) is 3.05. The van der Waals surface area contributed by atoms with Crippen LogP contribution in [0.4, 0.5) is 4.39 Å². The fourth-order valence-corrected chi connectivity index (χ4v) is 1.88. The zero-order valence-corrected chi connectivity index (χ0v) is 10.1. The number of benzene rings is 2. The Bertz CT molecular complexity index is 454. The van der Waals surface area contributed by atoms with Crippen LogP contribution in [0.2, 0.25) is 0 Å². The largest absolute Gasteiger partial charge is 0.207 e. The van der Waals surface area contributed by atoms with Gasteiger partial charge in [0.25, 0.3) is 0 Å². The van der Waals surface area contributed by atoms with Gasteiger partial charge in [0.2, 0.25) is 0 Å². The maximum Gasteiger partial charge on any atom is 0.123 e. The number of hydrogen-bond donors (Lipinski definition) is 0. The van der Waals surface area contributed by atoms with Crippen molar-refractivity contribution in [2.75, 3.05) is 0 Å². The van der Waals surface area contributed by atoms with E-state index >= 15 is 0 Å². The third-order valence-electron chi connectivity index (χ3n) is 3.05. The molecule has 0 aliphatic carbocycles. The molecule has 0 aromatic heterocycles. The fraction of sp³-hybridized carbons (Fsp3) is 0.250. The van der Waals surface area contributed by atoms with E-state index in [0.717, 1.165) is 19.3 Å². The predicted octanol–water partition coefficient (Wildman–Crippen LogP) is 4.17. The van der Waals surface area contributed by atoms with Crippen molar-refractivity contribution in [1.82, 2.24) is 0 Å². The number of halogens is 1. The zero-order valence-electron chi connectivity index (χ0n) is 10.1. The SMILES string of the molecule is CCc1ccc(CCc2ccc(F)cc2)cc1. The molecule has 0 saturated heterocycles. The summed E-state index contributed by atoms with van der Waals surface area (Å²) in [6.45, 7) is 2.16. The Morgan fingerprint density at radius 2 is 1.12 bits per heavy atom. The van der Waals surface area contributed by atoms with Crippen LogP contribution in [0.25, 0.3) is 0 Å². The topological polar surface area (TPSA) is 0 Å². The summed E-state index contributed by atoms with van der Waals surface area (Å²) in [5.74, 6) is -0.166. The summed E-state index contributed by atoms with van der Waals surface area (Å²) >= 11 is 0. The van der Waals surface area contributed by atoms with Gasteiger partial charge in [-0.05, 0) is 48.1 Å². The van der Waals surface area contributed by atoms with Crippen LogP contribution in [0.15, 0.2) is 48.5 Å². The van der Waals surface area contributed by atoms with Crippen LogP contribution in [0.1, 0.15) is 23.6 Å². The lowest BCUT2D eigenvalue weighted by atomic mass is 10.0. The molecule has 0 amide bonds. The molecule has 0 spiro atoms.